The molecule has 6 heteroatoms. The van der Waals surface area contributed by atoms with Crippen LogP contribution >= 0.6 is 0 Å². The topological polar surface area (TPSA) is 66.4 Å². The van der Waals surface area contributed by atoms with Crippen molar-refractivity contribution in [3.05, 3.63) is 29.6 Å². The molecule has 0 bridgehead atoms. The fourth-order valence-corrected chi connectivity index (χ4v) is 3.62. The first kappa shape index (κ1) is 16.0. The van der Waals surface area contributed by atoms with Gasteiger partial charge in [0.2, 0.25) is 10.0 Å². The Bertz CT molecular complexity index is 670. The van der Waals surface area contributed by atoms with Crippen molar-refractivity contribution in [2.75, 3.05) is 6.61 Å². The van der Waals surface area contributed by atoms with E-state index < -0.39 is 15.8 Å². The fourth-order valence-electron chi connectivity index (χ4n) is 2.30. The molecule has 0 atom stereocenters. The lowest BCUT2D eigenvalue weighted by atomic mass is 9.83. The van der Waals surface area contributed by atoms with Crippen LogP contribution in [0.15, 0.2) is 23.1 Å². The summed E-state index contributed by atoms with van der Waals surface area (Å²) in [6.45, 7) is 1.98. The standard InChI is InChI=1S/C15H18FNO3S/c1-11-8-13(9-11)17-21(19,20)15-6-5-12(10-14(15)16)4-2-3-7-18/h5-6,10-11,13,17-18H,3,7-9H2,1H3. The van der Waals surface area contributed by atoms with Gasteiger partial charge in [-0.2, -0.15) is 0 Å². The molecule has 0 amide bonds. The second kappa shape index (κ2) is 6.56. The van der Waals surface area contributed by atoms with Gasteiger partial charge in [0, 0.05) is 18.0 Å². The van der Waals surface area contributed by atoms with Crippen molar-refractivity contribution in [1.29, 1.82) is 0 Å². The molecule has 1 saturated carbocycles. The molecule has 0 heterocycles. The maximum absolute atomic E-state index is 14.0. The lowest BCUT2D eigenvalue weighted by Gasteiger charge is -2.32. The zero-order valence-corrected chi connectivity index (χ0v) is 12.6. The smallest absolute Gasteiger partial charge is 0.243 e. The van der Waals surface area contributed by atoms with Crippen LogP contribution in [0.25, 0.3) is 0 Å². The molecule has 1 aromatic carbocycles. The number of hydrogen-bond acceptors (Lipinski definition) is 3. The van der Waals surface area contributed by atoms with Gasteiger partial charge in [0.25, 0.3) is 0 Å². The van der Waals surface area contributed by atoms with Gasteiger partial charge in [-0.05, 0) is 37.0 Å². The first-order valence-electron chi connectivity index (χ1n) is 6.84. The van der Waals surface area contributed by atoms with Crippen LogP contribution in [0.1, 0.15) is 31.7 Å². The molecule has 21 heavy (non-hydrogen) atoms. The van der Waals surface area contributed by atoms with Gasteiger partial charge in [0.05, 0.1) is 6.61 Å². The number of sulfonamides is 1. The third-order valence-electron chi connectivity index (χ3n) is 3.39. The summed E-state index contributed by atoms with van der Waals surface area (Å²) in [6, 6.07) is 3.68. The van der Waals surface area contributed by atoms with Crippen molar-refractivity contribution in [2.24, 2.45) is 5.92 Å². The van der Waals surface area contributed by atoms with Crippen molar-refractivity contribution in [3.8, 4) is 11.8 Å². The highest BCUT2D eigenvalue weighted by Gasteiger charge is 2.30. The van der Waals surface area contributed by atoms with E-state index >= 15 is 0 Å². The molecular weight excluding hydrogens is 293 g/mol. The van der Waals surface area contributed by atoms with Crippen LogP contribution in [0, 0.1) is 23.6 Å². The number of aliphatic hydroxyl groups excluding tert-OH is 1. The number of hydrogen-bond donors (Lipinski definition) is 2. The summed E-state index contributed by atoms with van der Waals surface area (Å²) < 4.78 is 40.7. The average Bonchev–Trinajstić information content (AvgIpc) is 2.37. The van der Waals surface area contributed by atoms with Gasteiger partial charge < -0.3 is 5.11 Å². The molecular formula is C15H18FNO3S. The molecule has 0 radical (unpaired) electrons. The Kier molecular flexibility index (Phi) is 4.99. The first-order valence-corrected chi connectivity index (χ1v) is 8.32. The predicted octanol–water partition coefficient (Wildman–Crippen LogP) is 1.64. The van der Waals surface area contributed by atoms with E-state index in [9.17, 15) is 12.8 Å². The molecule has 2 N–H and O–H groups in total. The molecule has 0 spiro atoms. The molecule has 0 unspecified atom stereocenters. The monoisotopic (exact) mass is 311 g/mol. The summed E-state index contributed by atoms with van der Waals surface area (Å²) >= 11 is 0. The van der Waals surface area contributed by atoms with Crippen LogP contribution < -0.4 is 4.72 Å². The molecule has 4 nitrogen and oxygen atoms in total. The van der Waals surface area contributed by atoms with Gasteiger partial charge in [-0.25, -0.2) is 17.5 Å². The van der Waals surface area contributed by atoms with Crippen LogP contribution in [-0.4, -0.2) is 26.2 Å². The summed E-state index contributed by atoms with van der Waals surface area (Å²) in [5, 5.41) is 8.62. The molecule has 2 rings (SSSR count). The lowest BCUT2D eigenvalue weighted by Crippen LogP contribution is -2.43. The van der Waals surface area contributed by atoms with Crippen molar-refractivity contribution in [1.82, 2.24) is 4.72 Å². The molecule has 0 aliphatic heterocycles. The number of nitrogens with one attached hydrogen (secondary N) is 1. The van der Waals surface area contributed by atoms with E-state index in [1.165, 1.54) is 12.1 Å². The Balaban J connectivity index is 2.15. The van der Waals surface area contributed by atoms with Crippen molar-refractivity contribution < 1.29 is 17.9 Å². The quantitative estimate of drug-likeness (QED) is 0.831. The SMILES string of the molecule is CC1CC(NS(=O)(=O)c2ccc(C#CCCO)cc2F)C1. The fraction of sp³-hybridized carbons (Fsp3) is 0.467. The van der Waals surface area contributed by atoms with Gasteiger partial charge in [-0.15, -0.1) is 0 Å². The molecule has 1 aliphatic carbocycles. The minimum absolute atomic E-state index is 0.0638. The highest BCUT2D eigenvalue weighted by atomic mass is 32.2. The Morgan fingerprint density at radius 1 is 1.43 bits per heavy atom. The number of benzene rings is 1. The van der Waals surface area contributed by atoms with E-state index in [4.69, 9.17) is 5.11 Å². The molecule has 0 saturated heterocycles. The highest BCUT2D eigenvalue weighted by Crippen LogP contribution is 2.28. The summed E-state index contributed by atoms with van der Waals surface area (Å²) in [5.41, 5.74) is 0.386. The maximum atomic E-state index is 14.0. The van der Waals surface area contributed by atoms with Crippen molar-refractivity contribution in [2.45, 2.75) is 37.1 Å². The van der Waals surface area contributed by atoms with E-state index in [-0.39, 0.29) is 17.5 Å². The summed E-state index contributed by atoms with van der Waals surface area (Å²) in [4.78, 5) is -0.352. The van der Waals surface area contributed by atoms with Gasteiger partial charge in [-0.3, -0.25) is 0 Å². The van der Waals surface area contributed by atoms with E-state index in [1.807, 2.05) is 6.92 Å². The van der Waals surface area contributed by atoms with Gasteiger partial charge >= 0.3 is 0 Å². The number of aliphatic hydroxyl groups is 1. The third kappa shape index (κ3) is 4.03. The van der Waals surface area contributed by atoms with Crippen LogP contribution in [-0.2, 0) is 10.0 Å². The minimum atomic E-state index is -3.83. The Labute approximate surface area is 124 Å². The molecule has 0 aromatic heterocycles. The normalized spacial score (nSPS) is 21.3. The molecule has 1 aliphatic rings. The Hall–Kier alpha value is -1.42. The van der Waals surface area contributed by atoms with Crippen molar-refractivity contribution >= 4 is 10.0 Å². The third-order valence-corrected chi connectivity index (χ3v) is 4.94. The van der Waals surface area contributed by atoms with Gasteiger partial charge in [0.15, 0.2) is 0 Å². The maximum Gasteiger partial charge on any atom is 0.243 e. The van der Waals surface area contributed by atoms with Crippen LogP contribution in [0.4, 0.5) is 4.39 Å². The van der Waals surface area contributed by atoms with Gasteiger partial charge in [-0.1, -0.05) is 18.8 Å². The van der Waals surface area contributed by atoms with E-state index in [1.54, 1.807) is 0 Å². The Morgan fingerprint density at radius 2 is 2.14 bits per heavy atom. The number of rotatable bonds is 4. The van der Waals surface area contributed by atoms with Crippen LogP contribution in [0.5, 0.6) is 0 Å². The highest BCUT2D eigenvalue weighted by molar-refractivity contribution is 7.89. The van der Waals surface area contributed by atoms with E-state index in [2.05, 4.69) is 16.6 Å². The second-order valence-corrected chi connectivity index (χ2v) is 7.00. The average molecular weight is 311 g/mol. The molecule has 114 valence electrons. The predicted molar refractivity (Wildman–Crippen MR) is 77.5 cm³/mol. The first-order chi connectivity index (χ1) is 9.92. The zero-order chi connectivity index (χ0) is 15.5. The molecule has 1 fully saturated rings. The lowest BCUT2D eigenvalue weighted by molar-refractivity contribution is 0.270. The number of halogens is 1. The van der Waals surface area contributed by atoms with Crippen LogP contribution in [0.2, 0.25) is 0 Å². The summed E-state index contributed by atoms with van der Waals surface area (Å²) in [7, 11) is -3.83. The van der Waals surface area contributed by atoms with Crippen molar-refractivity contribution in [3.63, 3.8) is 0 Å². The van der Waals surface area contributed by atoms with Gasteiger partial charge in [0.1, 0.15) is 10.7 Å². The second-order valence-electron chi connectivity index (χ2n) is 5.32. The summed E-state index contributed by atoms with van der Waals surface area (Å²) in [6.07, 6.45) is 1.86. The Morgan fingerprint density at radius 3 is 2.71 bits per heavy atom. The van der Waals surface area contributed by atoms with E-state index in [0.717, 1.165) is 18.9 Å². The zero-order valence-electron chi connectivity index (χ0n) is 11.8. The largest absolute Gasteiger partial charge is 0.395 e. The summed E-state index contributed by atoms with van der Waals surface area (Å²) in [5.74, 6) is 5.02. The van der Waals surface area contributed by atoms with Crippen LogP contribution in [0.3, 0.4) is 0 Å². The molecule has 1 aromatic rings. The minimum Gasteiger partial charge on any atom is -0.395 e. The van der Waals surface area contributed by atoms with E-state index in [0.29, 0.717) is 17.9 Å².